The molecule has 0 aromatic carbocycles. The van der Waals surface area contributed by atoms with Gasteiger partial charge in [-0.25, -0.2) is 0 Å². The van der Waals surface area contributed by atoms with Crippen molar-refractivity contribution in [3.05, 3.63) is 0 Å². The highest BCUT2D eigenvalue weighted by atomic mass is 16.5. The first-order chi connectivity index (χ1) is 6.68. The van der Waals surface area contributed by atoms with E-state index in [1.54, 1.807) is 7.11 Å². The molecule has 86 valence electrons. The largest absolute Gasteiger partial charge is 0.382 e. The van der Waals surface area contributed by atoms with Crippen molar-refractivity contribution in [2.75, 3.05) is 33.5 Å². The molecule has 0 amide bonds. The highest BCUT2D eigenvalue weighted by Crippen LogP contribution is 2.25. The fourth-order valence-electron chi connectivity index (χ4n) is 1.50. The Morgan fingerprint density at radius 3 is 2.36 bits per heavy atom. The van der Waals surface area contributed by atoms with Crippen LogP contribution in [0.3, 0.4) is 0 Å². The molecule has 1 unspecified atom stereocenters. The summed E-state index contributed by atoms with van der Waals surface area (Å²) in [4.78, 5) is 0. The first kappa shape index (κ1) is 13.9. The van der Waals surface area contributed by atoms with Crippen molar-refractivity contribution in [3.63, 3.8) is 0 Å². The zero-order valence-electron chi connectivity index (χ0n) is 9.84. The maximum atomic E-state index is 5.75. The summed E-state index contributed by atoms with van der Waals surface area (Å²) in [5, 5.41) is 0. The van der Waals surface area contributed by atoms with Crippen LogP contribution in [0.2, 0.25) is 0 Å². The van der Waals surface area contributed by atoms with E-state index >= 15 is 0 Å². The van der Waals surface area contributed by atoms with E-state index in [-0.39, 0.29) is 5.41 Å². The van der Waals surface area contributed by atoms with Crippen LogP contribution in [0.15, 0.2) is 0 Å². The van der Waals surface area contributed by atoms with Gasteiger partial charge in [-0.15, -0.1) is 0 Å². The van der Waals surface area contributed by atoms with E-state index in [2.05, 4.69) is 13.8 Å². The number of hydrogen-bond donors (Lipinski definition) is 1. The summed E-state index contributed by atoms with van der Waals surface area (Å²) in [6.45, 7) is 7.32. The van der Waals surface area contributed by atoms with Gasteiger partial charge in [0.1, 0.15) is 0 Å². The Morgan fingerprint density at radius 1 is 1.14 bits per heavy atom. The van der Waals surface area contributed by atoms with Gasteiger partial charge in [0.2, 0.25) is 0 Å². The zero-order chi connectivity index (χ0) is 10.9. The summed E-state index contributed by atoms with van der Waals surface area (Å²) in [5.74, 6) is 0. The van der Waals surface area contributed by atoms with E-state index < -0.39 is 0 Å². The minimum Gasteiger partial charge on any atom is -0.382 e. The quantitative estimate of drug-likeness (QED) is 0.581. The monoisotopic (exact) mass is 203 g/mol. The Bertz CT molecular complexity index is 130. The lowest BCUT2D eigenvalue weighted by Gasteiger charge is -2.27. The molecule has 0 heterocycles. The third-order valence-electron chi connectivity index (χ3n) is 2.63. The van der Waals surface area contributed by atoms with Crippen molar-refractivity contribution in [2.24, 2.45) is 11.1 Å². The molecule has 0 rings (SSSR count). The Labute approximate surface area is 88.0 Å². The second-order valence-corrected chi connectivity index (χ2v) is 4.12. The van der Waals surface area contributed by atoms with Crippen LogP contribution in [0.5, 0.6) is 0 Å². The number of nitrogens with two attached hydrogens (primary N) is 1. The number of ether oxygens (including phenoxy) is 2. The third kappa shape index (κ3) is 6.35. The Morgan fingerprint density at radius 2 is 1.86 bits per heavy atom. The normalized spacial score (nSPS) is 15.4. The standard InChI is InChI=1S/C11H25NO2/c1-4-5-11(2,10-12)6-7-14-9-8-13-3/h4-10,12H2,1-3H3. The van der Waals surface area contributed by atoms with Crippen LogP contribution in [0.25, 0.3) is 0 Å². The van der Waals surface area contributed by atoms with Gasteiger partial charge in [0.15, 0.2) is 0 Å². The van der Waals surface area contributed by atoms with Gasteiger partial charge in [0.25, 0.3) is 0 Å². The van der Waals surface area contributed by atoms with Gasteiger partial charge in [0.05, 0.1) is 13.2 Å². The molecule has 0 saturated heterocycles. The summed E-state index contributed by atoms with van der Waals surface area (Å²) in [7, 11) is 1.68. The fourth-order valence-corrected chi connectivity index (χ4v) is 1.50. The average molecular weight is 203 g/mol. The van der Waals surface area contributed by atoms with Gasteiger partial charge >= 0.3 is 0 Å². The second-order valence-electron chi connectivity index (χ2n) is 4.12. The van der Waals surface area contributed by atoms with E-state index in [9.17, 15) is 0 Å². The van der Waals surface area contributed by atoms with Crippen molar-refractivity contribution >= 4 is 0 Å². The van der Waals surface area contributed by atoms with Gasteiger partial charge in [-0.2, -0.15) is 0 Å². The van der Waals surface area contributed by atoms with Crippen molar-refractivity contribution in [1.82, 2.24) is 0 Å². The molecule has 0 fully saturated rings. The molecule has 0 aliphatic rings. The molecule has 3 nitrogen and oxygen atoms in total. The predicted molar refractivity (Wildman–Crippen MR) is 59.4 cm³/mol. The maximum absolute atomic E-state index is 5.75. The van der Waals surface area contributed by atoms with Crippen molar-refractivity contribution in [3.8, 4) is 0 Å². The van der Waals surface area contributed by atoms with Crippen LogP contribution in [0.1, 0.15) is 33.1 Å². The summed E-state index contributed by atoms with van der Waals surface area (Å²) >= 11 is 0. The minimum atomic E-state index is 0.252. The van der Waals surface area contributed by atoms with Gasteiger partial charge in [-0.05, 0) is 24.8 Å². The van der Waals surface area contributed by atoms with E-state index in [1.165, 1.54) is 12.8 Å². The Balaban J connectivity index is 3.51. The molecule has 2 N–H and O–H groups in total. The minimum absolute atomic E-state index is 0.252. The van der Waals surface area contributed by atoms with Crippen molar-refractivity contribution in [2.45, 2.75) is 33.1 Å². The van der Waals surface area contributed by atoms with Gasteiger partial charge in [-0.1, -0.05) is 20.3 Å². The number of rotatable bonds is 9. The van der Waals surface area contributed by atoms with Crippen LogP contribution >= 0.6 is 0 Å². The average Bonchev–Trinajstić information content (AvgIpc) is 2.18. The molecule has 1 atom stereocenters. The molecule has 0 bridgehead atoms. The molecule has 0 spiro atoms. The lowest BCUT2D eigenvalue weighted by molar-refractivity contribution is 0.0532. The van der Waals surface area contributed by atoms with Crippen LogP contribution in [-0.4, -0.2) is 33.5 Å². The summed E-state index contributed by atoms with van der Waals surface area (Å²) < 4.78 is 10.3. The molecular formula is C11H25NO2. The molecule has 0 aliphatic heterocycles. The lowest BCUT2D eigenvalue weighted by atomic mass is 9.83. The highest BCUT2D eigenvalue weighted by molar-refractivity contribution is 4.74. The first-order valence-corrected chi connectivity index (χ1v) is 5.45. The van der Waals surface area contributed by atoms with Gasteiger partial charge in [-0.3, -0.25) is 0 Å². The lowest BCUT2D eigenvalue weighted by Crippen LogP contribution is -2.28. The third-order valence-corrected chi connectivity index (χ3v) is 2.63. The van der Waals surface area contributed by atoms with Crippen molar-refractivity contribution in [1.29, 1.82) is 0 Å². The summed E-state index contributed by atoms with van der Waals surface area (Å²) in [6, 6.07) is 0. The van der Waals surface area contributed by atoms with E-state index in [0.717, 1.165) is 19.6 Å². The van der Waals surface area contributed by atoms with Crippen LogP contribution < -0.4 is 5.73 Å². The van der Waals surface area contributed by atoms with Crippen LogP contribution in [0, 0.1) is 5.41 Å². The Hall–Kier alpha value is -0.120. The number of hydrogen-bond acceptors (Lipinski definition) is 3. The molecule has 0 aliphatic carbocycles. The second kappa shape index (κ2) is 8.21. The molecule has 0 aromatic heterocycles. The maximum Gasteiger partial charge on any atom is 0.0700 e. The number of methoxy groups -OCH3 is 1. The fraction of sp³-hybridized carbons (Fsp3) is 1.00. The SMILES string of the molecule is CCCC(C)(CN)CCOCCOC. The van der Waals surface area contributed by atoms with E-state index in [0.29, 0.717) is 13.2 Å². The molecule has 14 heavy (non-hydrogen) atoms. The van der Waals surface area contributed by atoms with Crippen LogP contribution in [-0.2, 0) is 9.47 Å². The van der Waals surface area contributed by atoms with E-state index in [4.69, 9.17) is 15.2 Å². The smallest absolute Gasteiger partial charge is 0.0700 e. The summed E-state index contributed by atoms with van der Waals surface area (Å²) in [6.07, 6.45) is 3.41. The molecular weight excluding hydrogens is 178 g/mol. The molecule has 0 radical (unpaired) electrons. The first-order valence-electron chi connectivity index (χ1n) is 5.45. The molecule has 0 aromatic rings. The van der Waals surface area contributed by atoms with Crippen LogP contribution in [0.4, 0.5) is 0 Å². The zero-order valence-corrected chi connectivity index (χ0v) is 9.84. The molecule has 0 saturated carbocycles. The van der Waals surface area contributed by atoms with E-state index in [1.807, 2.05) is 0 Å². The topological polar surface area (TPSA) is 44.5 Å². The summed E-state index contributed by atoms with van der Waals surface area (Å²) in [5.41, 5.74) is 6.01. The molecule has 3 heteroatoms. The Kier molecular flexibility index (Phi) is 8.14. The van der Waals surface area contributed by atoms with Gasteiger partial charge in [0, 0.05) is 13.7 Å². The highest BCUT2D eigenvalue weighted by Gasteiger charge is 2.20. The predicted octanol–water partition coefficient (Wildman–Crippen LogP) is 1.80. The van der Waals surface area contributed by atoms with Crippen molar-refractivity contribution < 1.29 is 9.47 Å². The van der Waals surface area contributed by atoms with Gasteiger partial charge < -0.3 is 15.2 Å².